The monoisotopic (exact) mass is 135 g/mol. The van der Waals surface area contributed by atoms with Gasteiger partial charge in [0.05, 0.1) is 0 Å². The van der Waals surface area contributed by atoms with Crippen molar-refractivity contribution >= 4 is 0 Å². The first kappa shape index (κ1) is 8.84. The molecule has 0 aliphatic rings. The summed E-state index contributed by atoms with van der Waals surface area (Å²) in [5.74, 6) is 0. The molecule has 0 rings (SSSR count). The third-order valence-electron chi connectivity index (χ3n) is 0.957. The number of hydrogen-bond donors (Lipinski definition) is 4. The van der Waals surface area contributed by atoms with Crippen molar-refractivity contribution in [1.82, 2.24) is 0 Å². The lowest BCUT2D eigenvalue weighted by Crippen LogP contribution is -2.31. The second-order valence-corrected chi connectivity index (χ2v) is 2.19. The standard InChI is InChI=1S/C5H13NO3/c1-3(6)2-4(7)5(8)9/h3-5,7-9H,2,6H2,1H3. The summed E-state index contributed by atoms with van der Waals surface area (Å²) < 4.78 is 0. The van der Waals surface area contributed by atoms with E-state index in [0.29, 0.717) is 0 Å². The summed E-state index contributed by atoms with van der Waals surface area (Å²) in [5, 5.41) is 25.4. The predicted molar refractivity (Wildman–Crippen MR) is 32.5 cm³/mol. The van der Waals surface area contributed by atoms with Crippen LogP contribution < -0.4 is 5.73 Å². The van der Waals surface area contributed by atoms with Crippen LogP contribution in [0.25, 0.3) is 0 Å². The quantitative estimate of drug-likeness (QED) is 0.351. The summed E-state index contributed by atoms with van der Waals surface area (Å²) in [5.41, 5.74) is 5.25. The van der Waals surface area contributed by atoms with Crippen LogP contribution in [0.4, 0.5) is 0 Å². The highest BCUT2D eigenvalue weighted by atomic mass is 16.5. The van der Waals surface area contributed by atoms with E-state index in [1.54, 1.807) is 6.92 Å². The van der Waals surface area contributed by atoms with Gasteiger partial charge in [-0.05, 0) is 13.3 Å². The lowest BCUT2D eigenvalue weighted by molar-refractivity contribution is -0.124. The lowest BCUT2D eigenvalue weighted by atomic mass is 10.1. The molecule has 9 heavy (non-hydrogen) atoms. The molecule has 0 aromatic carbocycles. The van der Waals surface area contributed by atoms with Crippen molar-refractivity contribution in [2.75, 3.05) is 0 Å². The van der Waals surface area contributed by atoms with Gasteiger partial charge in [-0.3, -0.25) is 0 Å². The van der Waals surface area contributed by atoms with Gasteiger partial charge in [-0.15, -0.1) is 0 Å². The molecule has 2 atom stereocenters. The maximum absolute atomic E-state index is 8.72. The van der Waals surface area contributed by atoms with E-state index < -0.39 is 12.4 Å². The minimum atomic E-state index is -1.67. The van der Waals surface area contributed by atoms with Crippen LogP contribution in [-0.4, -0.2) is 33.8 Å². The molecule has 0 aliphatic heterocycles. The summed E-state index contributed by atoms with van der Waals surface area (Å²) in [4.78, 5) is 0. The predicted octanol–water partition coefficient (Wildman–Crippen LogP) is -1.60. The van der Waals surface area contributed by atoms with E-state index in [1.807, 2.05) is 0 Å². The molecule has 0 saturated carbocycles. The lowest BCUT2D eigenvalue weighted by Gasteiger charge is -2.13. The molecule has 4 heteroatoms. The van der Waals surface area contributed by atoms with Crippen molar-refractivity contribution in [3.05, 3.63) is 0 Å². The molecule has 0 radical (unpaired) electrons. The smallest absolute Gasteiger partial charge is 0.178 e. The molecule has 0 amide bonds. The molecule has 0 fully saturated rings. The molecule has 0 spiro atoms. The number of hydrogen-bond acceptors (Lipinski definition) is 4. The van der Waals surface area contributed by atoms with E-state index in [1.165, 1.54) is 0 Å². The maximum atomic E-state index is 8.72. The van der Waals surface area contributed by atoms with Gasteiger partial charge >= 0.3 is 0 Å². The van der Waals surface area contributed by atoms with Crippen molar-refractivity contribution in [3.8, 4) is 0 Å². The third kappa shape index (κ3) is 4.35. The Morgan fingerprint density at radius 3 is 1.89 bits per heavy atom. The van der Waals surface area contributed by atoms with Gasteiger partial charge in [0.25, 0.3) is 0 Å². The van der Waals surface area contributed by atoms with Crippen LogP contribution in [0, 0.1) is 0 Å². The average Bonchev–Trinajstić information content (AvgIpc) is 1.63. The summed E-state index contributed by atoms with van der Waals surface area (Å²) in [6.45, 7) is 1.69. The Hall–Kier alpha value is -0.160. The molecule has 0 aliphatic carbocycles. The van der Waals surface area contributed by atoms with E-state index in [4.69, 9.17) is 21.1 Å². The van der Waals surface area contributed by atoms with Gasteiger partial charge in [0, 0.05) is 6.04 Å². The first-order valence-electron chi connectivity index (χ1n) is 2.84. The van der Waals surface area contributed by atoms with Crippen molar-refractivity contribution < 1.29 is 15.3 Å². The molecule has 56 valence electrons. The summed E-state index contributed by atoms with van der Waals surface area (Å²) in [7, 11) is 0. The van der Waals surface area contributed by atoms with E-state index in [-0.39, 0.29) is 12.5 Å². The Morgan fingerprint density at radius 1 is 1.33 bits per heavy atom. The van der Waals surface area contributed by atoms with Gasteiger partial charge in [0.2, 0.25) is 0 Å². The average molecular weight is 135 g/mol. The molecule has 0 bridgehead atoms. The Labute approximate surface area is 53.9 Å². The molecule has 5 N–H and O–H groups in total. The molecular formula is C5H13NO3. The fraction of sp³-hybridized carbons (Fsp3) is 1.00. The van der Waals surface area contributed by atoms with E-state index in [0.717, 1.165) is 0 Å². The highest BCUT2D eigenvalue weighted by molar-refractivity contribution is 4.63. The van der Waals surface area contributed by atoms with E-state index in [2.05, 4.69) is 0 Å². The molecule has 0 aromatic rings. The van der Waals surface area contributed by atoms with Crippen LogP contribution in [0.5, 0.6) is 0 Å². The molecule has 0 saturated heterocycles. The molecule has 0 heterocycles. The van der Waals surface area contributed by atoms with Crippen molar-refractivity contribution in [3.63, 3.8) is 0 Å². The zero-order valence-electron chi connectivity index (χ0n) is 5.36. The van der Waals surface area contributed by atoms with Crippen LogP contribution in [0.15, 0.2) is 0 Å². The van der Waals surface area contributed by atoms with E-state index >= 15 is 0 Å². The summed E-state index contributed by atoms with van der Waals surface area (Å²) in [6.07, 6.45) is -2.58. The molecule has 2 unspecified atom stereocenters. The molecule has 0 aromatic heterocycles. The second kappa shape index (κ2) is 3.79. The third-order valence-corrected chi connectivity index (χ3v) is 0.957. The fourth-order valence-corrected chi connectivity index (χ4v) is 0.503. The van der Waals surface area contributed by atoms with Crippen LogP contribution in [0.1, 0.15) is 13.3 Å². The Bertz CT molecular complexity index is 74.6. The van der Waals surface area contributed by atoms with Crippen LogP contribution >= 0.6 is 0 Å². The molecular weight excluding hydrogens is 122 g/mol. The van der Waals surface area contributed by atoms with Crippen molar-refractivity contribution in [1.29, 1.82) is 0 Å². The number of nitrogens with two attached hydrogens (primary N) is 1. The van der Waals surface area contributed by atoms with Gasteiger partial charge in [-0.2, -0.15) is 0 Å². The SMILES string of the molecule is CC(N)CC(O)C(O)O. The normalized spacial score (nSPS) is 18.0. The zero-order chi connectivity index (χ0) is 7.44. The highest BCUT2D eigenvalue weighted by Gasteiger charge is 2.13. The second-order valence-electron chi connectivity index (χ2n) is 2.19. The van der Waals surface area contributed by atoms with Crippen LogP contribution in [0.2, 0.25) is 0 Å². The van der Waals surface area contributed by atoms with Crippen LogP contribution in [-0.2, 0) is 0 Å². The number of aliphatic hydroxyl groups is 3. The minimum Gasteiger partial charge on any atom is -0.388 e. The number of rotatable bonds is 3. The van der Waals surface area contributed by atoms with Gasteiger partial charge in [-0.25, -0.2) is 0 Å². The highest BCUT2D eigenvalue weighted by Crippen LogP contribution is 1.97. The topological polar surface area (TPSA) is 86.7 Å². The maximum Gasteiger partial charge on any atom is 0.178 e. The van der Waals surface area contributed by atoms with E-state index in [9.17, 15) is 0 Å². The zero-order valence-corrected chi connectivity index (χ0v) is 5.36. The Balaban J connectivity index is 3.38. The number of aliphatic hydroxyl groups excluding tert-OH is 2. The first-order valence-corrected chi connectivity index (χ1v) is 2.84. The van der Waals surface area contributed by atoms with Crippen molar-refractivity contribution in [2.24, 2.45) is 5.73 Å². The van der Waals surface area contributed by atoms with Gasteiger partial charge in [0.15, 0.2) is 6.29 Å². The van der Waals surface area contributed by atoms with Gasteiger partial charge < -0.3 is 21.1 Å². The first-order chi connectivity index (χ1) is 4.04. The van der Waals surface area contributed by atoms with Gasteiger partial charge in [-0.1, -0.05) is 0 Å². The van der Waals surface area contributed by atoms with Gasteiger partial charge in [0.1, 0.15) is 6.10 Å². The van der Waals surface area contributed by atoms with Crippen LogP contribution in [0.3, 0.4) is 0 Å². The largest absolute Gasteiger partial charge is 0.388 e. The fourth-order valence-electron chi connectivity index (χ4n) is 0.503. The Morgan fingerprint density at radius 2 is 1.78 bits per heavy atom. The minimum absolute atomic E-state index is 0.206. The molecule has 4 nitrogen and oxygen atoms in total. The summed E-state index contributed by atoms with van der Waals surface area (Å²) in [6, 6.07) is -0.207. The summed E-state index contributed by atoms with van der Waals surface area (Å²) >= 11 is 0. The Kier molecular flexibility index (Phi) is 3.72. The van der Waals surface area contributed by atoms with Crippen molar-refractivity contribution in [2.45, 2.75) is 31.8 Å².